The summed E-state index contributed by atoms with van der Waals surface area (Å²) in [5.74, 6) is -0.496. The summed E-state index contributed by atoms with van der Waals surface area (Å²) in [4.78, 5) is 11.5. The minimum atomic E-state index is -4.02. The van der Waals surface area contributed by atoms with Crippen molar-refractivity contribution in [2.24, 2.45) is 0 Å². The van der Waals surface area contributed by atoms with Crippen LogP contribution in [0, 0.1) is 0 Å². The van der Waals surface area contributed by atoms with Gasteiger partial charge in [0.25, 0.3) is 0 Å². The Morgan fingerprint density at radius 2 is 2.08 bits per heavy atom. The molecule has 2 N–H and O–H groups in total. The normalized spacial score (nSPS) is 14.3. The fourth-order valence-electron chi connectivity index (χ4n) is 2.40. The van der Waals surface area contributed by atoms with Crippen molar-refractivity contribution in [2.45, 2.75) is 17.4 Å². The highest BCUT2D eigenvalue weighted by molar-refractivity contribution is 7.89. The van der Waals surface area contributed by atoms with Gasteiger partial charge in [-0.3, -0.25) is 0 Å². The highest BCUT2D eigenvalue weighted by atomic mass is 32.2. The second-order valence-corrected chi connectivity index (χ2v) is 8.50. The predicted molar refractivity (Wildman–Crippen MR) is 96.6 cm³/mol. The number of esters is 1. The Bertz CT molecular complexity index is 1020. The maximum Gasteiger partial charge on any atom is 0.349 e. The van der Waals surface area contributed by atoms with Crippen LogP contribution in [0.3, 0.4) is 0 Å². The molecule has 0 amide bonds. The van der Waals surface area contributed by atoms with Gasteiger partial charge in [0, 0.05) is 11.9 Å². The predicted octanol–water partition coefficient (Wildman–Crippen LogP) is 2.47. The first-order chi connectivity index (χ1) is 12.2. The molecule has 26 heavy (non-hydrogen) atoms. The van der Waals surface area contributed by atoms with E-state index in [9.17, 15) is 18.3 Å². The lowest BCUT2D eigenvalue weighted by atomic mass is 10.0. The Morgan fingerprint density at radius 1 is 1.35 bits per heavy atom. The fourth-order valence-corrected chi connectivity index (χ4v) is 4.86. The van der Waals surface area contributed by atoms with E-state index in [1.165, 1.54) is 25.5 Å². The Labute approximate surface area is 154 Å². The van der Waals surface area contributed by atoms with Crippen LogP contribution in [0.2, 0.25) is 0 Å². The van der Waals surface area contributed by atoms with Crippen molar-refractivity contribution in [3.8, 4) is 0 Å². The number of benzene rings is 1. The van der Waals surface area contributed by atoms with Gasteiger partial charge >= 0.3 is 5.97 Å². The molecule has 1 atom stereocenters. The Balaban J connectivity index is 1.82. The maximum absolute atomic E-state index is 12.5. The molecule has 0 saturated carbocycles. The summed E-state index contributed by atoms with van der Waals surface area (Å²) < 4.78 is 37.6. The van der Waals surface area contributed by atoms with E-state index < -0.39 is 21.6 Å². The van der Waals surface area contributed by atoms with Crippen LogP contribution in [0.1, 0.15) is 22.4 Å². The van der Waals surface area contributed by atoms with Gasteiger partial charge < -0.3 is 14.3 Å². The van der Waals surface area contributed by atoms with E-state index in [2.05, 4.69) is 9.46 Å². The molecule has 0 aliphatic rings. The van der Waals surface area contributed by atoms with Gasteiger partial charge in [-0.1, -0.05) is 18.2 Å². The molecule has 1 unspecified atom stereocenters. The minimum absolute atomic E-state index is 0.0246. The van der Waals surface area contributed by atoms with E-state index in [-0.39, 0.29) is 22.1 Å². The first-order valence-electron chi connectivity index (χ1n) is 7.61. The smallest absolute Gasteiger partial charge is 0.349 e. The number of fused-ring (bicyclic) bond motifs is 1. The topological polar surface area (TPSA) is 106 Å². The molecule has 3 aromatic rings. The van der Waals surface area contributed by atoms with Gasteiger partial charge in [-0.15, -0.1) is 11.3 Å². The molecular weight excluding hydrogens is 378 g/mol. The molecule has 0 saturated heterocycles. The highest BCUT2D eigenvalue weighted by Gasteiger charge is 2.31. The molecule has 0 radical (unpaired) electrons. The van der Waals surface area contributed by atoms with Crippen molar-refractivity contribution >= 4 is 38.3 Å². The minimum Gasteiger partial charge on any atom is -0.465 e. The average Bonchev–Trinajstić information content (AvgIpc) is 3.27. The van der Waals surface area contributed by atoms with Crippen molar-refractivity contribution in [1.29, 1.82) is 0 Å². The number of carbonyl (C=O) groups excluding carboxylic acids is 1. The molecule has 138 valence electrons. The molecule has 1 aromatic carbocycles. The number of thiophene rings is 1. The summed E-state index contributed by atoms with van der Waals surface area (Å²) in [6.45, 7) is 1.12. The van der Waals surface area contributed by atoms with Crippen LogP contribution in [-0.4, -0.2) is 33.1 Å². The van der Waals surface area contributed by atoms with Crippen molar-refractivity contribution < 1.29 is 27.5 Å². The van der Waals surface area contributed by atoms with E-state index in [4.69, 9.17) is 4.42 Å². The quantitative estimate of drug-likeness (QED) is 0.621. The number of ether oxygens (including phenoxy) is 1. The average molecular weight is 395 g/mol. The summed E-state index contributed by atoms with van der Waals surface area (Å²) in [7, 11) is -2.84. The molecule has 0 aliphatic heterocycles. The lowest BCUT2D eigenvalue weighted by Gasteiger charge is -2.21. The van der Waals surface area contributed by atoms with E-state index in [0.717, 1.165) is 16.7 Å². The third-order valence-electron chi connectivity index (χ3n) is 3.85. The second kappa shape index (κ2) is 6.84. The molecule has 2 heterocycles. The summed E-state index contributed by atoms with van der Waals surface area (Å²) >= 11 is 0.967. The number of furan rings is 1. The number of methoxy groups -OCH3 is 1. The van der Waals surface area contributed by atoms with Crippen LogP contribution in [0.4, 0.5) is 0 Å². The number of carbonyl (C=O) groups is 1. The van der Waals surface area contributed by atoms with Gasteiger partial charge in [0.2, 0.25) is 10.0 Å². The van der Waals surface area contributed by atoms with Crippen molar-refractivity contribution in [1.82, 2.24) is 4.72 Å². The van der Waals surface area contributed by atoms with Crippen molar-refractivity contribution in [2.75, 3.05) is 13.7 Å². The van der Waals surface area contributed by atoms with Gasteiger partial charge in [-0.25, -0.2) is 17.9 Å². The molecule has 0 aliphatic carbocycles. The van der Waals surface area contributed by atoms with Gasteiger partial charge in [0.1, 0.15) is 26.7 Å². The second-order valence-electron chi connectivity index (χ2n) is 5.85. The molecule has 7 nitrogen and oxygen atoms in total. The number of nitrogens with one attached hydrogen (secondary N) is 1. The Kier molecular flexibility index (Phi) is 4.89. The SMILES string of the molecule is COC(=O)c1sccc1S(=O)(=O)NCC(C)(O)c1cc2ccccc2o1. The van der Waals surface area contributed by atoms with E-state index in [1.807, 2.05) is 12.1 Å². The third kappa shape index (κ3) is 3.51. The fraction of sp³-hybridized carbons (Fsp3) is 0.235. The molecule has 3 rings (SSSR count). The van der Waals surface area contributed by atoms with Crippen LogP contribution < -0.4 is 4.72 Å². The molecule has 9 heteroatoms. The standard InChI is InChI=1S/C17H17NO6S2/c1-17(20,14-9-11-5-3-4-6-12(11)24-14)10-18-26(21,22)13-7-8-25-15(13)16(19)23-2/h3-9,18,20H,10H2,1-2H3. The zero-order valence-corrected chi connectivity index (χ0v) is 15.7. The first-order valence-corrected chi connectivity index (χ1v) is 9.98. The summed E-state index contributed by atoms with van der Waals surface area (Å²) in [5, 5.41) is 12.9. The number of hydrogen-bond donors (Lipinski definition) is 2. The number of sulfonamides is 1. The van der Waals surface area contributed by atoms with Gasteiger partial charge in [0.05, 0.1) is 7.11 Å². The van der Waals surface area contributed by atoms with Gasteiger partial charge in [-0.05, 0) is 30.5 Å². The summed E-state index contributed by atoms with van der Waals surface area (Å²) in [6.07, 6.45) is 0. The molecule has 2 aromatic heterocycles. The van der Waals surface area contributed by atoms with Crippen molar-refractivity contribution in [3.63, 3.8) is 0 Å². The number of para-hydroxylation sites is 1. The zero-order valence-electron chi connectivity index (χ0n) is 14.1. The molecule has 0 spiro atoms. The van der Waals surface area contributed by atoms with Crippen LogP contribution in [0.5, 0.6) is 0 Å². The zero-order chi connectivity index (χ0) is 18.9. The molecule has 0 fully saturated rings. The summed E-state index contributed by atoms with van der Waals surface area (Å²) in [5.41, 5.74) is -0.982. The van der Waals surface area contributed by atoms with Crippen LogP contribution >= 0.6 is 11.3 Å². The number of rotatable bonds is 6. The lowest BCUT2D eigenvalue weighted by Crippen LogP contribution is -2.38. The third-order valence-corrected chi connectivity index (χ3v) is 6.32. The maximum atomic E-state index is 12.5. The van der Waals surface area contributed by atoms with Crippen LogP contribution in [0.15, 0.2) is 51.1 Å². The van der Waals surface area contributed by atoms with E-state index in [1.54, 1.807) is 18.2 Å². The molecule has 0 bridgehead atoms. The van der Waals surface area contributed by atoms with Crippen LogP contribution in [-0.2, 0) is 20.4 Å². The first kappa shape index (κ1) is 18.6. The van der Waals surface area contributed by atoms with Gasteiger partial charge in [-0.2, -0.15) is 0 Å². The monoisotopic (exact) mass is 395 g/mol. The number of hydrogen-bond acceptors (Lipinski definition) is 7. The highest BCUT2D eigenvalue weighted by Crippen LogP contribution is 2.28. The summed E-state index contributed by atoms with van der Waals surface area (Å²) in [6, 6.07) is 10.2. The van der Waals surface area contributed by atoms with E-state index in [0.29, 0.717) is 5.58 Å². The van der Waals surface area contributed by atoms with Gasteiger partial charge in [0.15, 0.2) is 0 Å². The number of aliphatic hydroxyl groups is 1. The van der Waals surface area contributed by atoms with E-state index >= 15 is 0 Å². The lowest BCUT2D eigenvalue weighted by molar-refractivity contribution is 0.0412. The Morgan fingerprint density at radius 3 is 2.77 bits per heavy atom. The Hall–Kier alpha value is -2.20. The molecular formula is C17H17NO6S2. The largest absolute Gasteiger partial charge is 0.465 e. The van der Waals surface area contributed by atoms with Crippen molar-refractivity contribution in [3.05, 3.63) is 52.4 Å². The van der Waals surface area contributed by atoms with Crippen LogP contribution in [0.25, 0.3) is 11.0 Å².